The maximum absolute atomic E-state index is 11.4. The monoisotopic (exact) mass is 236 g/mol. The third kappa shape index (κ3) is 13.1. The number of rotatable bonds is 12. The Bertz CT molecular complexity index is 216. The van der Waals surface area contributed by atoms with Crippen LogP contribution in [0.5, 0.6) is 0 Å². The molecule has 0 radical (unpaired) electrons. The molecule has 17 heavy (non-hydrogen) atoms. The largest absolute Gasteiger partial charge is 0.300 e. The van der Waals surface area contributed by atoms with E-state index in [2.05, 4.69) is 19.6 Å². The highest BCUT2D eigenvalue weighted by molar-refractivity contribution is 5.78. The number of carbonyl (C=O) groups is 1. The van der Waals surface area contributed by atoms with Crippen LogP contribution in [0.2, 0.25) is 0 Å². The maximum Gasteiger partial charge on any atom is 0.132 e. The van der Waals surface area contributed by atoms with Crippen molar-refractivity contribution in [2.24, 2.45) is 0 Å². The Morgan fingerprint density at radius 3 is 2.35 bits per heavy atom. The Balaban J connectivity index is 3.15. The third-order valence-electron chi connectivity index (χ3n) is 2.91. The van der Waals surface area contributed by atoms with Gasteiger partial charge in [0.2, 0.25) is 0 Å². The van der Waals surface area contributed by atoms with Crippen LogP contribution in [0.15, 0.2) is 24.8 Å². The topological polar surface area (TPSA) is 17.1 Å². The number of ketones is 1. The summed E-state index contributed by atoms with van der Waals surface area (Å²) in [5, 5.41) is 0. The summed E-state index contributed by atoms with van der Waals surface area (Å²) in [6, 6.07) is 0. The van der Waals surface area contributed by atoms with Crippen LogP contribution in [0.4, 0.5) is 0 Å². The molecule has 0 amide bonds. The Labute approximate surface area is 107 Å². The first-order valence-corrected chi connectivity index (χ1v) is 7.10. The lowest BCUT2D eigenvalue weighted by atomic mass is 10.0. The van der Waals surface area contributed by atoms with E-state index >= 15 is 0 Å². The zero-order valence-corrected chi connectivity index (χ0v) is 11.4. The molecule has 0 saturated carbocycles. The van der Waals surface area contributed by atoms with E-state index in [1.165, 1.54) is 25.7 Å². The standard InChI is InChI=1S/C16H28O/c1-3-5-7-8-9-10-11-12-13-15-16(17)14-6-4-2/h3,5,7H,1,4,6,8-15H2,2H3. The van der Waals surface area contributed by atoms with E-state index in [1.807, 2.05) is 12.2 Å². The molecule has 0 aliphatic rings. The lowest BCUT2D eigenvalue weighted by molar-refractivity contribution is -0.119. The van der Waals surface area contributed by atoms with Gasteiger partial charge in [0.1, 0.15) is 5.78 Å². The molecule has 0 N–H and O–H groups in total. The summed E-state index contributed by atoms with van der Waals surface area (Å²) in [6.45, 7) is 5.77. The summed E-state index contributed by atoms with van der Waals surface area (Å²) in [6.07, 6.45) is 17.0. The molecule has 0 spiro atoms. The van der Waals surface area contributed by atoms with E-state index in [9.17, 15) is 4.79 Å². The summed E-state index contributed by atoms with van der Waals surface area (Å²) in [4.78, 5) is 11.4. The average Bonchev–Trinajstić information content (AvgIpc) is 2.34. The zero-order chi connectivity index (χ0) is 12.8. The summed E-state index contributed by atoms with van der Waals surface area (Å²) in [7, 11) is 0. The summed E-state index contributed by atoms with van der Waals surface area (Å²) < 4.78 is 0. The molecule has 1 heteroatoms. The Hall–Kier alpha value is -0.850. The average molecular weight is 236 g/mol. The van der Waals surface area contributed by atoms with Gasteiger partial charge >= 0.3 is 0 Å². The van der Waals surface area contributed by atoms with Gasteiger partial charge in [0.25, 0.3) is 0 Å². The molecular formula is C16H28O. The number of carbonyl (C=O) groups excluding carboxylic acids is 1. The molecule has 0 fully saturated rings. The molecule has 0 bridgehead atoms. The van der Waals surface area contributed by atoms with Crippen molar-refractivity contribution in [3.63, 3.8) is 0 Å². The Morgan fingerprint density at radius 2 is 1.65 bits per heavy atom. The van der Waals surface area contributed by atoms with Crippen LogP contribution in [-0.2, 0) is 4.79 Å². The van der Waals surface area contributed by atoms with Crippen LogP contribution < -0.4 is 0 Å². The minimum absolute atomic E-state index is 0.459. The molecule has 1 nitrogen and oxygen atoms in total. The van der Waals surface area contributed by atoms with E-state index in [-0.39, 0.29) is 0 Å². The quantitative estimate of drug-likeness (QED) is 0.335. The summed E-state index contributed by atoms with van der Waals surface area (Å²) >= 11 is 0. The maximum atomic E-state index is 11.4. The highest BCUT2D eigenvalue weighted by Gasteiger charge is 2.00. The second-order valence-electron chi connectivity index (χ2n) is 4.61. The minimum atomic E-state index is 0.459. The van der Waals surface area contributed by atoms with E-state index in [4.69, 9.17) is 0 Å². The Kier molecular flexibility index (Phi) is 12.6. The van der Waals surface area contributed by atoms with Crippen molar-refractivity contribution in [1.82, 2.24) is 0 Å². The molecule has 0 aliphatic heterocycles. The van der Waals surface area contributed by atoms with E-state index in [1.54, 1.807) is 0 Å². The van der Waals surface area contributed by atoms with Gasteiger partial charge in [0.05, 0.1) is 0 Å². The first-order valence-electron chi connectivity index (χ1n) is 7.10. The number of hydrogen-bond acceptors (Lipinski definition) is 1. The van der Waals surface area contributed by atoms with E-state index < -0.39 is 0 Å². The molecule has 98 valence electrons. The molecule has 0 heterocycles. The van der Waals surface area contributed by atoms with Crippen LogP contribution in [0.25, 0.3) is 0 Å². The van der Waals surface area contributed by atoms with Gasteiger partial charge in [0, 0.05) is 12.8 Å². The SMILES string of the molecule is C=CC=CCCCCCCCC(=O)CCCC. The predicted octanol–water partition coefficient (Wildman–Crippen LogP) is 5.22. The van der Waals surface area contributed by atoms with Crippen molar-refractivity contribution < 1.29 is 4.79 Å². The fourth-order valence-corrected chi connectivity index (χ4v) is 1.81. The van der Waals surface area contributed by atoms with E-state index in [0.29, 0.717) is 5.78 Å². The zero-order valence-electron chi connectivity index (χ0n) is 11.4. The fraction of sp³-hybridized carbons (Fsp3) is 0.688. The highest BCUT2D eigenvalue weighted by atomic mass is 16.1. The summed E-state index contributed by atoms with van der Waals surface area (Å²) in [5.74, 6) is 0.459. The predicted molar refractivity (Wildman–Crippen MR) is 76.2 cm³/mol. The van der Waals surface area contributed by atoms with Gasteiger partial charge in [-0.3, -0.25) is 4.79 Å². The number of unbranched alkanes of at least 4 members (excludes halogenated alkanes) is 6. The van der Waals surface area contributed by atoms with E-state index in [0.717, 1.165) is 38.5 Å². The number of Topliss-reactive ketones (excluding diaryl/α,β-unsaturated/α-hetero) is 1. The van der Waals surface area contributed by atoms with Gasteiger partial charge in [0.15, 0.2) is 0 Å². The Morgan fingerprint density at radius 1 is 1.00 bits per heavy atom. The van der Waals surface area contributed by atoms with Crippen molar-refractivity contribution in [2.75, 3.05) is 0 Å². The van der Waals surface area contributed by atoms with Gasteiger partial charge in [-0.05, 0) is 25.7 Å². The van der Waals surface area contributed by atoms with Crippen LogP contribution in [-0.4, -0.2) is 5.78 Å². The van der Waals surface area contributed by atoms with Gasteiger partial charge < -0.3 is 0 Å². The molecule has 0 unspecified atom stereocenters. The first kappa shape index (κ1) is 16.1. The smallest absolute Gasteiger partial charge is 0.132 e. The van der Waals surface area contributed by atoms with Crippen LogP contribution in [0.1, 0.15) is 71.1 Å². The second-order valence-corrected chi connectivity index (χ2v) is 4.61. The van der Waals surface area contributed by atoms with Crippen molar-refractivity contribution in [3.05, 3.63) is 24.8 Å². The van der Waals surface area contributed by atoms with Crippen LogP contribution in [0.3, 0.4) is 0 Å². The normalized spacial score (nSPS) is 10.9. The molecular weight excluding hydrogens is 208 g/mol. The molecule has 0 aliphatic carbocycles. The highest BCUT2D eigenvalue weighted by Crippen LogP contribution is 2.09. The third-order valence-corrected chi connectivity index (χ3v) is 2.91. The lowest BCUT2D eigenvalue weighted by Crippen LogP contribution is -1.96. The van der Waals surface area contributed by atoms with Crippen molar-refractivity contribution >= 4 is 5.78 Å². The lowest BCUT2D eigenvalue weighted by Gasteiger charge is -2.00. The van der Waals surface area contributed by atoms with Crippen molar-refractivity contribution in [2.45, 2.75) is 71.1 Å². The van der Waals surface area contributed by atoms with Crippen molar-refractivity contribution in [1.29, 1.82) is 0 Å². The summed E-state index contributed by atoms with van der Waals surface area (Å²) in [5.41, 5.74) is 0. The number of allylic oxidation sites excluding steroid dienone is 3. The van der Waals surface area contributed by atoms with Gasteiger partial charge in [-0.25, -0.2) is 0 Å². The fourth-order valence-electron chi connectivity index (χ4n) is 1.81. The molecule has 0 atom stereocenters. The molecule has 0 aromatic heterocycles. The molecule has 0 saturated heterocycles. The molecule has 0 aromatic carbocycles. The van der Waals surface area contributed by atoms with Crippen LogP contribution >= 0.6 is 0 Å². The first-order chi connectivity index (χ1) is 8.31. The van der Waals surface area contributed by atoms with Crippen LogP contribution in [0, 0.1) is 0 Å². The molecule has 0 rings (SSSR count). The van der Waals surface area contributed by atoms with Gasteiger partial charge in [-0.2, -0.15) is 0 Å². The van der Waals surface area contributed by atoms with Crippen molar-refractivity contribution in [3.8, 4) is 0 Å². The van der Waals surface area contributed by atoms with Gasteiger partial charge in [-0.15, -0.1) is 0 Å². The minimum Gasteiger partial charge on any atom is -0.300 e. The van der Waals surface area contributed by atoms with Gasteiger partial charge in [-0.1, -0.05) is 57.4 Å². The second kappa shape index (κ2) is 13.2. The molecule has 0 aromatic rings. The number of hydrogen-bond donors (Lipinski definition) is 0.